The molecule has 2 fully saturated rings. The molecule has 0 bridgehead atoms. The number of nitrogens with two attached hydrogens (primary N) is 1. The molecule has 1 aliphatic heterocycles. The molecule has 152 valence electrons. The van der Waals surface area contributed by atoms with E-state index in [1.807, 2.05) is 13.8 Å². The molecule has 1 saturated carbocycles. The lowest BCUT2D eigenvalue weighted by molar-refractivity contribution is -0.167. The highest BCUT2D eigenvalue weighted by Gasteiger charge is 2.54. The van der Waals surface area contributed by atoms with E-state index in [0.29, 0.717) is 23.1 Å². The van der Waals surface area contributed by atoms with Gasteiger partial charge in [0.15, 0.2) is 21.9 Å². The van der Waals surface area contributed by atoms with E-state index in [4.69, 9.17) is 36.7 Å². The molecule has 2 heterocycles. The van der Waals surface area contributed by atoms with E-state index >= 15 is 0 Å². The molecule has 0 aromatic carbocycles. The zero-order valence-corrected chi connectivity index (χ0v) is 17.3. The number of ether oxygens (including phenoxy) is 3. The number of aliphatic hydroxyl groups excluding tert-OH is 1. The van der Waals surface area contributed by atoms with Crippen LogP contribution in [0.5, 0.6) is 0 Å². The molecule has 2 aliphatic rings. The first-order valence-corrected chi connectivity index (χ1v) is 10.5. The summed E-state index contributed by atoms with van der Waals surface area (Å²) in [6, 6.07) is -0.113. The number of nitrogens with zero attached hydrogens (tertiary/aromatic N) is 2. The fourth-order valence-electron chi connectivity index (χ4n) is 3.41. The molecule has 3 rings (SSSR count). The summed E-state index contributed by atoms with van der Waals surface area (Å²) < 4.78 is 17.9. The number of thioether (sulfide) groups is 1. The van der Waals surface area contributed by atoms with Crippen molar-refractivity contribution < 1.29 is 19.3 Å². The van der Waals surface area contributed by atoms with Crippen molar-refractivity contribution in [3.63, 3.8) is 0 Å². The van der Waals surface area contributed by atoms with Gasteiger partial charge in [-0.1, -0.05) is 30.3 Å². The molecule has 0 amide bonds. The van der Waals surface area contributed by atoms with Gasteiger partial charge in [-0.25, -0.2) is 9.97 Å². The summed E-state index contributed by atoms with van der Waals surface area (Å²) in [5, 5.41) is 13.3. The van der Waals surface area contributed by atoms with Crippen LogP contribution < -0.4 is 11.1 Å². The van der Waals surface area contributed by atoms with Gasteiger partial charge >= 0.3 is 0 Å². The normalized spacial score (nSPS) is 29.1. The molecule has 1 aromatic rings. The van der Waals surface area contributed by atoms with Gasteiger partial charge in [0.25, 0.3) is 0 Å². The highest BCUT2D eigenvalue weighted by atomic mass is 35.5. The van der Waals surface area contributed by atoms with Gasteiger partial charge < -0.3 is 30.4 Å². The topological polar surface area (TPSA) is 112 Å². The largest absolute Gasteiger partial charge is 0.394 e. The first kappa shape index (κ1) is 20.9. The number of rotatable bonds is 8. The number of fused-ring (bicyclic) bond motifs is 1. The minimum atomic E-state index is -0.701. The quantitative estimate of drug-likeness (QED) is 0.332. The van der Waals surface area contributed by atoms with Gasteiger partial charge in [-0.15, -0.1) is 0 Å². The summed E-state index contributed by atoms with van der Waals surface area (Å²) in [6.45, 7) is 6.06. The molecule has 27 heavy (non-hydrogen) atoms. The van der Waals surface area contributed by atoms with Crippen LogP contribution in [0.25, 0.3) is 0 Å². The number of aromatic nitrogens is 2. The van der Waals surface area contributed by atoms with Crippen molar-refractivity contribution in [3.05, 3.63) is 5.15 Å². The molecule has 0 unspecified atom stereocenters. The number of anilines is 2. The Labute approximate surface area is 168 Å². The van der Waals surface area contributed by atoms with Crippen LogP contribution >= 0.6 is 23.4 Å². The lowest BCUT2D eigenvalue weighted by Gasteiger charge is -2.24. The molecule has 1 saturated heterocycles. The second-order valence-electron chi connectivity index (χ2n) is 7.09. The van der Waals surface area contributed by atoms with Crippen LogP contribution in [0.4, 0.5) is 11.5 Å². The molecule has 1 aliphatic carbocycles. The lowest BCUT2D eigenvalue weighted by atomic mass is 10.2. The average Bonchev–Trinajstić information content (AvgIpc) is 3.09. The van der Waals surface area contributed by atoms with Crippen molar-refractivity contribution in [1.29, 1.82) is 0 Å². The molecule has 8 nitrogen and oxygen atoms in total. The Morgan fingerprint density at radius 3 is 2.81 bits per heavy atom. The molecule has 0 spiro atoms. The Hall–Kier alpha value is -0.840. The van der Waals surface area contributed by atoms with Gasteiger partial charge in [0.05, 0.1) is 25.4 Å². The van der Waals surface area contributed by atoms with E-state index in [0.717, 1.165) is 12.2 Å². The smallest absolute Gasteiger partial charge is 0.191 e. The number of hydrogen-bond donors (Lipinski definition) is 3. The van der Waals surface area contributed by atoms with Crippen molar-refractivity contribution in [2.75, 3.05) is 30.0 Å². The van der Waals surface area contributed by atoms with Crippen LogP contribution in [0.1, 0.15) is 33.6 Å². The van der Waals surface area contributed by atoms with E-state index in [-0.39, 0.29) is 42.7 Å². The summed E-state index contributed by atoms with van der Waals surface area (Å²) in [5.74, 6) is 0.692. The SMILES string of the molecule is CCCSc1nc(Cl)c(N)c(N[C@@H]2C[C@H](OCCO)[C@H]3OC(C)(C)O[C@@H]32)n1. The number of aliphatic hydroxyl groups is 1. The number of hydrogen-bond acceptors (Lipinski definition) is 9. The van der Waals surface area contributed by atoms with Crippen LogP contribution in [-0.4, -0.2) is 64.2 Å². The molecule has 1 aromatic heterocycles. The number of halogens is 1. The average molecular weight is 419 g/mol. The Kier molecular flexibility index (Phi) is 6.70. The van der Waals surface area contributed by atoms with Crippen molar-refractivity contribution in [1.82, 2.24) is 9.97 Å². The zero-order valence-electron chi connectivity index (χ0n) is 15.8. The standard InChI is InChI=1S/C17H27ClN4O4S/c1-4-7-27-16-21-14(18)11(19)15(22-16)20-9-8-10(24-6-5-23)13-12(9)25-17(2,3)26-13/h9-10,12-13,23H,4-8,19H2,1-3H3,(H,20,21,22)/t9-,10+,12-,13-/m1/s1. The van der Waals surface area contributed by atoms with E-state index < -0.39 is 5.79 Å². The van der Waals surface area contributed by atoms with Crippen molar-refractivity contribution in [2.45, 2.75) is 68.9 Å². The van der Waals surface area contributed by atoms with Gasteiger partial charge in [-0.3, -0.25) is 0 Å². The third kappa shape index (κ3) is 4.78. The third-order valence-electron chi connectivity index (χ3n) is 4.47. The fraction of sp³-hybridized carbons (Fsp3) is 0.765. The highest BCUT2D eigenvalue weighted by Crippen LogP contribution is 2.41. The van der Waals surface area contributed by atoms with Gasteiger partial charge in [-0.05, 0) is 26.7 Å². The number of nitrogens with one attached hydrogen (secondary N) is 1. The van der Waals surface area contributed by atoms with Gasteiger partial charge in [0, 0.05) is 5.75 Å². The Balaban J connectivity index is 1.79. The van der Waals surface area contributed by atoms with Crippen LogP contribution in [0, 0.1) is 0 Å². The molecule has 10 heteroatoms. The van der Waals surface area contributed by atoms with E-state index in [1.165, 1.54) is 11.8 Å². The third-order valence-corrected chi connectivity index (χ3v) is 5.81. The first-order chi connectivity index (χ1) is 12.8. The maximum absolute atomic E-state index is 9.08. The summed E-state index contributed by atoms with van der Waals surface area (Å²) in [6.07, 6.45) is 1.02. The lowest BCUT2D eigenvalue weighted by Crippen LogP contribution is -2.35. The maximum Gasteiger partial charge on any atom is 0.191 e. The summed E-state index contributed by atoms with van der Waals surface area (Å²) >= 11 is 7.73. The van der Waals surface area contributed by atoms with E-state index in [2.05, 4.69) is 22.2 Å². The molecule has 0 radical (unpaired) electrons. The summed E-state index contributed by atoms with van der Waals surface area (Å²) in [5.41, 5.74) is 6.41. The number of nitrogen functional groups attached to an aromatic ring is 1. The highest BCUT2D eigenvalue weighted by molar-refractivity contribution is 7.99. The predicted molar refractivity (Wildman–Crippen MR) is 105 cm³/mol. The summed E-state index contributed by atoms with van der Waals surface area (Å²) in [4.78, 5) is 8.76. The van der Waals surface area contributed by atoms with Crippen LogP contribution in [-0.2, 0) is 14.2 Å². The van der Waals surface area contributed by atoms with E-state index in [9.17, 15) is 0 Å². The monoisotopic (exact) mass is 418 g/mol. The Morgan fingerprint density at radius 1 is 1.37 bits per heavy atom. The Bertz CT molecular complexity index is 666. The van der Waals surface area contributed by atoms with Gasteiger partial charge in [0.1, 0.15) is 17.9 Å². The van der Waals surface area contributed by atoms with Crippen molar-refractivity contribution >= 4 is 34.9 Å². The minimum absolute atomic E-state index is 0.0390. The van der Waals surface area contributed by atoms with Crippen LogP contribution in [0.15, 0.2) is 5.16 Å². The fourth-order valence-corrected chi connectivity index (χ4v) is 4.33. The van der Waals surface area contributed by atoms with Crippen LogP contribution in [0.3, 0.4) is 0 Å². The molecule has 4 atom stereocenters. The first-order valence-electron chi connectivity index (χ1n) is 9.15. The second kappa shape index (κ2) is 8.67. The minimum Gasteiger partial charge on any atom is -0.394 e. The zero-order chi connectivity index (χ0) is 19.6. The predicted octanol–water partition coefficient (Wildman–Crippen LogP) is 2.30. The second-order valence-corrected chi connectivity index (χ2v) is 8.51. The Morgan fingerprint density at radius 2 is 2.11 bits per heavy atom. The maximum atomic E-state index is 9.08. The molecule has 4 N–H and O–H groups in total. The molecular formula is C17H27ClN4O4S. The summed E-state index contributed by atoms with van der Waals surface area (Å²) in [7, 11) is 0. The van der Waals surface area contributed by atoms with E-state index in [1.54, 1.807) is 0 Å². The van der Waals surface area contributed by atoms with Crippen molar-refractivity contribution in [3.8, 4) is 0 Å². The van der Waals surface area contributed by atoms with Gasteiger partial charge in [0.2, 0.25) is 0 Å². The van der Waals surface area contributed by atoms with Gasteiger partial charge in [-0.2, -0.15) is 0 Å². The molecular weight excluding hydrogens is 392 g/mol. The van der Waals surface area contributed by atoms with Crippen LogP contribution in [0.2, 0.25) is 5.15 Å². The van der Waals surface area contributed by atoms with Crippen molar-refractivity contribution in [2.24, 2.45) is 0 Å².